The smallest absolute Gasteiger partial charge is 0.319 e. The van der Waals surface area contributed by atoms with Gasteiger partial charge in [-0.15, -0.1) is 13.2 Å². The zero-order valence-corrected chi connectivity index (χ0v) is 29.5. The summed E-state index contributed by atoms with van der Waals surface area (Å²) in [4.78, 5) is 45.1. The normalized spacial score (nSPS) is 31.7. The molecular weight excluding hydrogens is 574 g/mol. The number of Topliss-reactive ketones (excluding diaryl/α,β-unsaturated/α-hetero) is 1. The molecule has 3 aliphatic rings. The molecule has 0 bridgehead atoms. The Bertz CT molecular complexity index is 854. The fourth-order valence-corrected chi connectivity index (χ4v) is 6.54. The molecule has 0 aromatic carbocycles. The first kappa shape index (κ1) is 41.2. The zero-order chi connectivity index (χ0) is 34.2. The van der Waals surface area contributed by atoms with E-state index in [0.29, 0.717) is 44.8 Å². The molecule has 0 aromatic heterocycles. The Balaban J connectivity index is 0.000000777. The second kappa shape index (κ2) is 21.1. The summed E-state index contributed by atoms with van der Waals surface area (Å²) in [6.45, 7) is 22.4. The Morgan fingerprint density at radius 2 is 1.51 bits per heavy atom. The summed E-state index contributed by atoms with van der Waals surface area (Å²) in [6.07, 6.45) is 5.98. The number of cyclic esters (lactones) is 1. The van der Waals surface area contributed by atoms with Crippen LogP contribution in [0.2, 0.25) is 0 Å². The van der Waals surface area contributed by atoms with Crippen LogP contribution in [0.15, 0.2) is 13.2 Å². The van der Waals surface area contributed by atoms with Crippen LogP contribution in [0.3, 0.4) is 0 Å². The summed E-state index contributed by atoms with van der Waals surface area (Å²) in [5.74, 6) is -0.197. The summed E-state index contributed by atoms with van der Waals surface area (Å²) in [5.41, 5.74) is -1.26. The molecule has 0 aromatic rings. The maximum Gasteiger partial charge on any atom is 0.319 e. The summed E-state index contributed by atoms with van der Waals surface area (Å²) in [5, 5.41) is 19.6. The van der Waals surface area contributed by atoms with Crippen molar-refractivity contribution in [3.05, 3.63) is 13.2 Å². The highest BCUT2D eigenvalue weighted by Crippen LogP contribution is 2.27. The molecule has 3 saturated heterocycles. The van der Waals surface area contributed by atoms with E-state index in [2.05, 4.69) is 36.8 Å². The number of hydrogen-bond donors (Lipinski definition) is 2. The van der Waals surface area contributed by atoms with Crippen molar-refractivity contribution < 1.29 is 34.1 Å². The number of amides is 1. The molecule has 10 heteroatoms. The average molecular weight is 640 g/mol. The van der Waals surface area contributed by atoms with Crippen LogP contribution in [0.5, 0.6) is 0 Å². The third-order valence-electron chi connectivity index (χ3n) is 8.94. The van der Waals surface area contributed by atoms with Gasteiger partial charge in [-0.05, 0) is 91.3 Å². The molecule has 2 N–H and O–H groups in total. The van der Waals surface area contributed by atoms with Crippen LogP contribution in [0, 0.1) is 23.2 Å². The van der Waals surface area contributed by atoms with Crippen LogP contribution >= 0.6 is 0 Å². The Morgan fingerprint density at radius 3 is 2.11 bits per heavy atom. The van der Waals surface area contributed by atoms with Crippen molar-refractivity contribution in [2.24, 2.45) is 23.2 Å². The van der Waals surface area contributed by atoms with Gasteiger partial charge in [0.1, 0.15) is 5.41 Å². The summed E-state index contributed by atoms with van der Waals surface area (Å²) < 4.78 is 10.6. The number of piperidine rings is 1. The number of ketones is 1. The molecule has 0 saturated carbocycles. The van der Waals surface area contributed by atoms with E-state index in [1.165, 1.54) is 6.42 Å². The molecule has 3 heterocycles. The van der Waals surface area contributed by atoms with Gasteiger partial charge in [-0.1, -0.05) is 27.2 Å². The van der Waals surface area contributed by atoms with Gasteiger partial charge in [0.05, 0.1) is 25.4 Å². The number of likely N-dealkylation sites (tertiary alicyclic amines) is 1. The van der Waals surface area contributed by atoms with Gasteiger partial charge in [0.25, 0.3) is 0 Å². The van der Waals surface area contributed by atoms with Gasteiger partial charge in [0, 0.05) is 38.5 Å². The summed E-state index contributed by atoms with van der Waals surface area (Å²) >= 11 is 0. The number of carbonyl (C=O) groups is 3. The van der Waals surface area contributed by atoms with E-state index in [-0.39, 0.29) is 30.3 Å². The first-order valence-corrected chi connectivity index (χ1v) is 17.1. The fourth-order valence-electron chi connectivity index (χ4n) is 6.54. The minimum absolute atomic E-state index is 0.118. The lowest BCUT2D eigenvalue weighted by Crippen LogP contribution is -2.45. The van der Waals surface area contributed by atoms with E-state index in [9.17, 15) is 19.5 Å². The van der Waals surface area contributed by atoms with Crippen molar-refractivity contribution >= 4 is 17.7 Å². The van der Waals surface area contributed by atoms with Crippen LogP contribution in [-0.4, -0.2) is 121 Å². The topological polar surface area (TPSA) is 120 Å². The largest absolute Gasteiger partial charge is 0.465 e. The summed E-state index contributed by atoms with van der Waals surface area (Å²) in [7, 11) is 2.04. The van der Waals surface area contributed by atoms with Gasteiger partial charge in [-0.2, -0.15) is 0 Å². The molecule has 10 nitrogen and oxygen atoms in total. The van der Waals surface area contributed by atoms with Gasteiger partial charge in [-0.3, -0.25) is 19.3 Å². The Hall–Kier alpha value is -1.85. The summed E-state index contributed by atoms with van der Waals surface area (Å²) in [6, 6.07) is 0. The van der Waals surface area contributed by atoms with Crippen molar-refractivity contribution in [3.8, 4) is 0 Å². The maximum absolute atomic E-state index is 13.1. The van der Waals surface area contributed by atoms with Crippen LogP contribution in [0.1, 0.15) is 92.9 Å². The van der Waals surface area contributed by atoms with E-state index >= 15 is 0 Å². The highest BCUT2D eigenvalue weighted by Gasteiger charge is 2.40. The van der Waals surface area contributed by atoms with Crippen molar-refractivity contribution in [1.82, 2.24) is 14.7 Å². The zero-order valence-electron chi connectivity index (χ0n) is 29.5. The van der Waals surface area contributed by atoms with E-state index in [0.717, 1.165) is 51.9 Å². The molecule has 1 amide bonds. The predicted molar refractivity (Wildman–Crippen MR) is 179 cm³/mol. The number of aliphatic hydroxyl groups is 2. The van der Waals surface area contributed by atoms with E-state index in [1.54, 1.807) is 20.8 Å². The van der Waals surface area contributed by atoms with Gasteiger partial charge in [-0.25, -0.2) is 0 Å². The number of aliphatic hydroxyl groups excluding tert-OH is 2. The average Bonchev–Trinajstić information content (AvgIpc) is 2.96. The second-order valence-electron chi connectivity index (χ2n) is 14.1. The molecule has 0 radical (unpaired) electrons. The number of hydrogen-bond acceptors (Lipinski definition) is 9. The molecule has 262 valence electrons. The molecular formula is C35H65N3O7. The lowest BCUT2D eigenvalue weighted by Gasteiger charge is -2.31. The van der Waals surface area contributed by atoms with Crippen molar-refractivity contribution in [2.75, 3.05) is 59.5 Å². The Labute approximate surface area is 273 Å². The first-order valence-electron chi connectivity index (χ1n) is 17.1. The number of rotatable bonds is 2. The minimum Gasteiger partial charge on any atom is -0.465 e. The molecule has 45 heavy (non-hydrogen) atoms. The number of ether oxygens (including phenoxy) is 2. The number of esters is 1. The van der Waals surface area contributed by atoms with Gasteiger partial charge < -0.3 is 29.5 Å². The van der Waals surface area contributed by atoms with E-state index < -0.39 is 29.7 Å². The van der Waals surface area contributed by atoms with E-state index in [4.69, 9.17) is 14.6 Å². The molecule has 0 aliphatic carbocycles. The Morgan fingerprint density at radius 1 is 0.867 bits per heavy atom. The monoisotopic (exact) mass is 639 g/mol. The minimum atomic E-state index is -1.26. The molecule has 6 atom stereocenters. The quantitative estimate of drug-likeness (QED) is 0.261. The van der Waals surface area contributed by atoms with Gasteiger partial charge >= 0.3 is 5.97 Å². The third-order valence-corrected chi connectivity index (χ3v) is 8.94. The molecule has 0 unspecified atom stereocenters. The predicted octanol–water partition coefficient (Wildman–Crippen LogP) is 4.13. The lowest BCUT2D eigenvalue weighted by atomic mass is 9.79. The van der Waals surface area contributed by atoms with Crippen molar-refractivity contribution in [2.45, 2.75) is 111 Å². The molecule has 3 fully saturated rings. The van der Waals surface area contributed by atoms with Crippen LogP contribution in [0.25, 0.3) is 0 Å². The fraction of sp³-hybridized carbons (Fsp3) is 0.857. The van der Waals surface area contributed by atoms with E-state index in [1.807, 2.05) is 18.9 Å². The molecule has 3 aliphatic heterocycles. The van der Waals surface area contributed by atoms with Crippen molar-refractivity contribution in [1.29, 1.82) is 0 Å². The standard InChI is InChI=1S/C26H47N3O5.C7H14O2.C2H4/c1-20-16-22(30)17-21(2)24(32)26(3,4)25(33)34-15-9-12-29(14-13-27(5)18-20)23(31)19-28-10-7-6-8-11-28;1-5-3-6(2)9-7(8)4-5;1-2/h20-22,30H,6-19H2,1-5H3;5-8H,3-4H2,1-2H3;1-2H2/t20-,21-,22-;5-,6+,7+;/m10./s1. The van der Waals surface area contributed by atoms with Crippen molar-refractivity contribution in [3.63, 3.8) is 0 Å². The number of carbonyl (C=O) groups excluding carboxylic acids is 3. The Kier molecular flexibility index (Phi) is 19.3. The molecule has 0 spiro atoms. The lowest BCUT2D eigenvalue weighted by molar-refractivity contribution is -0.169. The van der Waals surface area contributed by atoms with Crippen LogP contribution < -0.4 is 0 Å². The third kappa shape index (κ3) is 15.5. The highest BCUT2D eigenvalue weighted by molar-refractivity contribution is 6.03. The molecule has 3 rings (SSSR count). The first-order chi connectivity index (χ1) is 21.2. The van der Waals surface area contributed by atoms with Crippen LogP contribution in [-0.2, 0) is 23.9 Å². The highest BCUT2D eigenvalue weighted by atomic mass is 16.6. The van der Waals surface area contributed by atoms with Gasteiger partial charge in [0.2, 0.25) is 5.91 Å². The SMILES string of the molecule is C=C.C[C@@H]1C[C@@H](O)C[C@@H](C)C(=O)C(C)(C)C(=O)OCCCN(C(=O)CN2CCCCC2)CCN(C)C1.C[C@H]1C[C@@H](C)O[C@@H](O)C1. The van der Waals surface area contributed by atoms with Gasteiger partial charge in [0.15, 0.2) is 12.1 Å². The number of nitrogens with zero attached hydrogens (tertiary/aromatic N) is 3. The van der Waals surface area contributed by atoms with Crippen LogP contribution in [0.4, 0.5) is 0 Å². The second-order valence-corrected chi connectivity index (χ2v) is 14.1. The maximum atomic E-state index is 13.1. The number of likely N-dealkylation sites (N-methyl/N-ethyl adjacent to an activating group) is 1.